The van der Waals surface area contributed by atoms with Crippen molar-refractivity contribution in [2.24, 2.45) is 16.7 Å². The van der Waals surface area contributed by atoms with Crippen LogP contribution in [0.1, 0.15) is 125 Å². The van der Waals surface area contributed by atoms with Crippen molar-refractivity contribution in [2.45, 2.75) is 247 Å². The van der Waals surface area contributed by atoms with Crippen LogP contribution in [0.5, 0.6) is 0 Å². The number of ether oxygens (including phenoxy) is 13. The molecular weight excluding hydrogens is 1000 g/mol. The topological polar surface area (TPSA) is 235 Å². The van der Waals surface area contributed by atoms with Gasteiger partial charge in [0.1, 0.15) is 47.3 Å². The number of ketones is 1. The summed E-state index contributed by atoms with van der Waals surface area (Å²) in [4.78, 5) is 27.0. The van der Waals surface area contributed by atoms with Gasteiger partial charge in [0.25, 0.3) is 0 Å². The average molecular weight is 1090 g/mol. The largest absolute Gasteiger partial charge is 0.458 e. The van der Waals surface area contributed by atoms with Crippen molar-refractivity contribution in [1.82, 2.24) is 0 Å². The van der Waals surface area contributed by atoms with Crippen molar-refractivity contribution in [3.05, 3.63) is 53.6 Å². The van der Waals surface area contributed by atoms with E-state index in [0.717, 1.165) is 11.1 Å². The molecule has 0 amide bonds. The molecule has 8 aliphatic rings. The van der Waals surface area contributed by atoms with E-state index in [1.165, 1.54) is 13.0 Å². The zero-order valence-electron chi connectivity index (χ0n) is 46.8. The number of hydrogen-bond donors (Lipinski definition) is 4. The molecule has 0 radical (unpaired) electrons. The molecule has 1 aromatic carbocycles. The third kappa shape index (κ3) is 10.7. The molecule has 19 heteroatoms. The Morgan fingerprint density at radius 2 is 1.14 bits per heavy atom. The third-order valence-electron chi connectivity index (χ3n) is 19.6. The number of hydrogen-bond acceptors (Lipinski definition) is 19. The molecule has 432 valence electrons. The Kier molecular flexibility index (Phi) is 17.7. The van der Waals surface area contributed by atoms with Gasteiger partial charge in [-0.05, 0) is 104 Å². The molecule has 1 aromatic rings. The molecule has 9 rings (SSSR count). The number of carbonyl (C=O) groups excluding carboxylic acids is 2. The molecule has 3 saturated carbocycles. The van der Waals surface area contributed by atoms with Gasteiger partial charge < -0.3 is 82.0 Å². The van der Waals surface area contributed by atoms with Crippen molar-refractivity contribution < 1.29 is 91.6 Å². The fourth-order valence-corrected chi connectivity index (χ4v) is 15.0. The highest BCUT2D eigenvalue weighted by Crippen LogP contribution is 2.71. The Morgan fingerprint density at radius 1 is 0.649 bits per heavy atom. The van der Waals surface area contributed by atoms with Gasteiger partial charge in [0, 0.05) is 66.1 Å². The Hall–Kier alpha value is -2.80. The molecule has 24 atom stereocenters. The van der Waals surface area contributed by atoms with Crippen LogP contribution in [0, 0.1) is 16.7 Å². The zero-order valence-corrected chi connectivity index (χ0v) is 46.8. The lowest BCUT2D eigenvalue weighted by atomic mass is 9.42. The lowest BCUT2D eigenvalue weighted by molar-refractivity contribution is -0.347. The highest BCUT2D eigenvalue weighted by atomic mass is 16.8. The van der Waals surface area contributed by atoms with Crippen molar-refractivity contribution in [3.8, 4) is 0 Å². The van der Waals surface area contributed by atoms with Gasteiger partial charge in [-0.1, -0.05) is 48.9 Å². The van der Waals surface area contributed by atoms with E-state index in [1.54, 1.807) is 48.4 Å². The van der Waals surface area contributed by atoms with E-state index >= 15 is 0 Å². The number of carbonyl (C=O) groups is 2. The normalized spacial score (nSPS) is 48.1. The first-order chi connectivity index (χ1) is 36.6. The molecule has 0 unspecified atom stereocenters. The van der Waals surface area contributed by atoms with Crippen molar-refractivity contribution in [3.63, 3.8) is 0 Å². The second-order valence-electron chi connectivity index (χ2n) is 23.6. The second-order valence-corrected chi connectivity index (χ2v) is 23.6. The Balaban J connectivity index is 0.809. The Morgan fingerprint density at radius 3 is 1.65 bits per heavy atom. The van der Waals surface area contributed by atoms with Gasteiger partial charge in [-0.15, -0.1) is 0 Å². The van der Waals surface area contributed by atoms with E-state index < -0.39 is 144 Å². The van der Waals surface area contributed by atoms with Crippen molar-refractivity contribution in [1.29, 1.82) is 0 Å². The average Bonchev–Trinajstić information content (AvgIpc) is 3.79. The molecule has 4 heterocycles. The van der Waals surface area contributed by atoms with Crippen molar-refractivity contribution in [2.75, 3.05) is 28.4 Å². The van der Waals surface area contributed by atoms with E-state index in [9.17, 15) is 30.0 Å². The Labute approximate surface area is 453 Å². The summed E-state index contributed by atoms with van der Waals surface area (Å²) in [7, 11) is 6.48. The highest BCUT2D eigenvalue weighted by Gasteiger charge is 2.81. The van der Waals surface area contributed by atoms with Crippen LogP contribution in [-0.4, -0.2) is 188 Å². The van der Waals surface area contributed by atoms with Gasteiger partial charge in [0.2, 0.25) is 0 Å². The van der Waals surface area contributed by atoms with Gasteiger partial charge in [0.05, 0.1) is 60.4 Å². The number of aliphatic hydroxyl groups is 4. The molecule has 4 aliphatic heterocycles. The molecule has 4 aliphatic carbocycles. The van der Waals surface area contributed by atoms with E-state index in [-0.39, 0.29) is 37.9 Å². The van der Waals surface area contributed by atoms with Gasteiger partial charge in [-0.3, -0.25) is 4.79 Å². The minimum Gasteiger partial charge on any atom is -0.458 e. The molecule has 19 nitrogen and oxygen atoms in total. The number of benzene rings is 1. The maximum atomic E-state index is 13.6. The van der Waals surface area contributed by atoms with Crippen LogP contribution >= 0.6 is 0 Å². The number of aliphatic hydroxyl groups excluding tert-OH is 1. The molecule has 77 heavy (non-hydrogen) atoms. The number of esters is 1. The predicted octanol–water partition coefficient (Wildman–Crippen LogP) is 5.24. The van der Waals surface area contributed by atoms with Gasteiger partial charge >= 0.3 is 5.97 Å². The van der Waals surface area contributed by atoms with Crippen LogP contribution < -0.4 is 0 Å². The summed E-state index contributed by atoms with van der Waals surface area (Å²) < 4.78 is 81.6. The maximum absolute atomic E-state index is 13.6. The minimum atomic E-state index is -2.05. The summed E-state index contributed by atoms with van der Waals surface area (Å²) in [5.41, 5.74) is -6.24. The second kappa shape index (κ2) is 23.2. The molecule has 0 aromatic heterocycles. The summed E-state index contributed by atoms with van der Waals surface area (Å²) in [6.45, 7) is 12.5. The predicted molar refractivity (Wildman–Crippen MR) is 275 cm³/mol. The van der Waals surface area contributed by atoms with Crippen LogP contribution in [0.2, 0.25) is 0 Å². The fraction of sp³-hybridized carbons (Fsp3) is 0.793. The summed E-state index contributed by atoms with van der Waals surface area (Å²) in [6.07, 6.45) is -1.19. The smallest absolute Gasteiger partial charge is 0.331 e. The number of Topliss-reactive ketones (excluding diaryl/α,β-unsaturated/α-hetero) is 1. The first kappa shape index (κ1) is 58.8. The van der Waals surface area contributed by atoms with Gasteiger partial charge in [0.15, 0.2) is 30.9 Å². The highest BCUT2D eigenvalue weighted by molar-refractivity contribution is 5.88. The number of methoxy groups -OCH3 is 4. The van der Waals surface area contributed by atoms with E-state index in [2.05, 4.69) is 6.92 Å². The molecule has 4 saturated heterocycles. The quantitative estimate of drug-likeness (QED) is 0.0942. The Bertz CT molecular complexity index is 2270. The van der Waals surface area contributed by atoms with Crippen LogP contribution in [0.25, 0.3) is 6.08 Å². The summed E-state index contributed by atoms with van der Waals surface area (Å²) in [5, 5.41) is 48.6. The van der Waals surface area contributed by atoms with Crippen LogP contribution in [0.4, 0.5) is 0 Å². The van der Waals surface area contributed by atoms with Gasteiger partial charge in [-0.25, -0.2) is 4.79 Å². The fourth-order valence-electron chi connectivity index (χ4n) is 15.0. The van der Waals surface area contributed by atoms with E-state index in [0.29, 0.717) is 44.9 Å². The first-order valence-electron chi connectivity index (χ1n) is 27.9. The summed E-state index contributed by atoms with van der Waals surface area (Å²) in [5.74, 6) is -1.80. The molecule has 4 N–H and O–H groups in total. The standard InChI is InChI=1S/C58H86O19/c1-31-50(61)39(65-8)26-47(69-31)75-52-33(3)71-49(28-41(52)67-10)77-53-34(4)72-48(29-42(53)68-11)76-51-32(2)70-46(27-40(51)66-9)73-38-20-21-54(6)37(25-38)19-22-57(63)43(54)30-44(74-45(60)18-17-36-15-13-12-14-16-36)55(7)56(62,35(5)59)23-24-58(55,57)64/h12-19,31-34,38-44,46-53,61-64H,20-30H2,1-11H3/b18-17+/t31-,32+,33+,34-,38-,39+,40-,41-,42-,43-,44+,46-,47-,48-,49-,50-,51+,52+,53+,54-,55+,56+,57-,58+/m0/s1. The SMILES string of the molecule is CO[C@H]1C[C@H](O[C@H]2[C@@H](OC)C[C@H](O[C@H]3CC[C@@]4(C)C(=CC[C@]5(O)[C@H]4C[C@@H](OC(=O)/C=C/c4ccccc4)[C@@]4(C)[C@]5(O)CC[C@@]4(O)C(C)=O)C3)O[C@@H]2C)O[C@@H](C)[C@H]1O[C@H]1C[C@H](OC)[C@H](O[C@H]2C[C@@H](OC)[C@@H](O)[C@H](C)O2)[C@@H](C)O1. The zero-order chi connectivity index (χ0) is 55.4. The van der Waals surface area contributed by atoms with Crippen LogP contribution in [0.15, 0.2) is 48.1 Å². The lowest BCUT2D eigenvalue weighted by Crippen LogP contribution is -2.78. The molecular formula is C58H86O19. The maximum Gasteiger partial charge on any atom is 0.331 e. The summed E-state index contributed by atoms with van der Waals surface area (Å²) in [6, 6.07) is 9.30. The summed E-state index contributed by atoms with van der Waals surface area (Å²) >= 11 is 0. The van der Waals surface area contributed by atoms with Crippen LogP contribution in [0.3, 0.4) is 0 Å². The molecule has 0 bridgehead atoms. The third-order valence-corrected chi connectivity index (χ3v) is 19.6. The number of fused-ring (bicyclic) bond motifs is 5. The number of rotatable bonds is 16. The van der Waals surface area contributed by atoms with E-state index in [4.69, 9.17) is 61.6 Å². The van der Waals surface area contributed by atoms with Gasteiger partial charge in [-0.2, -0.15) is 0 Å². The molecule has 0 spiro atoms. The van der Waals surface area contributed by atoms with Crippen LogP contribution in [-0.2, 0) is 71.2 Å². The molecule has 7 fully saturated rings. The van der Waals surface area contributed by atoms with E-state index in [1.807, 2.05) is 57.2 Å². The first-order valence-corrected chi connectivity index (χ1v) is 27.9. The monoisotopic (exact) mass is 1090 g/mol. The lowest BCUT2D eigenvalue weighted by Gasteiger charge is -2.67. The van der Waals surface area contributed by atoms with Crippen molar-refractivity contribution >= 4 is 17.8 Å². The minimum absolute atomic E-state index is 0.0493.